The van der Waals surface area contributed by atoms with Crippen LogP contribution in [-0.2, 0) is 6.54 Å². The average molecular weight is 425 g/mol. The van der Waals surface area contributed by atoms with Gasteiger partial charge in [0.2, 0.25) is 5.95 Å². The van der Waals surface area contributed by atoms with E-state index in [9.17, 15) is 9.90 Å². The van der Waals surface area contributed by atoms with Crippen molar-refractivity contribution in [3.8, 4) is 22.6 Å². The van der Waals surface area contributed by atoms with Crippen LogP contribution in [0.1, 0.15) is 0 Å². The highest BCUT2D eigenvalue weighted by atomic mass is 35.5. The lowest BCUT2D eigenvalue weighted by atomic mass is 10.0. The number of fused-ring (bicyclic) bond motifs is 1. The Bertz CT molecular complexity index is 1070. The van der Waals surface area contributed by atoms with Crippen LogP contribution in [0.5, 0.6) is 11.5 Å². The van der Waals surface area contributed by atoms with Gasteiger partial charge in [0.15, 0.2) is 0 Å². The summed E-state index contributed by atoms with van der Waals surface area (Å²) < 4.78 is 11.9. The van der Waals surface area contributed by atoms with Crippen LogP contribution in [0.15, 0.2) is 23.1 Å². The molecule has 148 valence electrons. The van der Waals surface area contributed by atoms with Gasteiger partial charge in [-0.05, 0) is 6.07 Å². The number of pyridine rings is 1. The first kappa shape index (κ1) is 20.2. The standard InChI is InChI=1S/C18H18Cl2N4O4/c1-21-18-22-8-9-6-10(17(26)24(4-5-25)16(9)23-18)13-14(19)11(27-2)7-12(28-3)15(13)20/h6-8,25H,4-5H2,1-3H3,(H,21,22,23). The van der Waals surface area contributed by atoms with E-state index in [-0.39, 0.29) is 34.3 Å². The largest absolute Gasteiger partial charge is 0.495 e. The van der Waals surface area contributed by atoms with Gasteiger partial charge in [0.1, 0.15) is 17.1 Å². The number of halogens is 2. The van der Waals surface area contributed by atoms with E-state index in [4.69, 9.17) is 32.7 Å². The summed E-state index contributed by atoms with van der Waals surface area (Å²) in [6.07, 6.45) is 1.57. The molecule has 0 atom stereocenters. The number of rotatable bonds is 6. The van der Waals surface area contributed by atoms with Gasteiger partial charge < -0.3 is 19.9 Å². The van der Waals surface area contributed by atoms with Crippen molar-refractivity contribution in [3.63, 3.8) is 0 Å². The predicted molar refractivity (Wildman–Crippen MR) is 109 cm³/mol. The summed E-state index contributed by atoms with van der Waals surface area (Å²) in [4.78, 5) is 21.8. The Kier molecular flexibility index (Phi) is 5.93. The number of aliphatic hydroxyl groups is 1. The topological polar surface area (TPSA) is 98.5 Å². The van der Waals surface area contributed by atoms with Gasteiger partial charge in [0.25, 0.3) is 5.56 Å². The molecule has 3 rings (SSSR count). The van der Waals surface area contributed by atoms with Gasteiger partial charge >= 0.3 is 0 Å². The van der Waals surface area contributed by atoms with Crippen molar-refractivity contribution in [2.45, 2.75) is 6.54 Å². The molecule has 2 N–H and O–H groups in total. The maximum atomic E-state index is 13.2. The molecule has 0 radical (unpaired) electrons. The number of hydrogen-bond acceptors (Lipinski definition) is 7. The Morgan fingerprint density at radius 2 is 1.82 bits per heavy atom. The lowest BCUT2D eigenvalue weighted by Crippen LogP contribution is -2.25. The van der Waals surface area contributed by atoms with Crippen molar-refractivity contribution in [2.24, 2.45) is 0 Å². The number of anilines is 1. The molecule has 0 saturated heterocycles. The van der Waals surface area contributed by atoms with Crippen molar-refractivity contribution in [1.82, 2.24) is 14.5 Å². The monoisotopic (exact) mass is 424 g/mol. The van der Waals surface area contributed by atoms with Crippen LogP contribution in [0.4, 0.5) is 5.95 Å². The van der Waals surface area contributed by atoms with Crippen LogP contribution >= 0.6 is 23.2 Å². The van der Waals surface area contributed by atoms with E-state index in [0.29, 0.717) is 28.5 Å². The van der Waals surface area contributed by atoms with E-state index in [1.807, 2.05) is 0 Å². The van der Waals surface area contributed by atoms with Crippen LogP contribution in [0.3, 0.4) is 0 Å². The van der Waals surface area contributed by atoms with Crippen molar-refractivity contribution in [2.75, 3.05) is 33.2 Å². The third kappa shape index (κ3) is 3.34. The van der Waals surface area contributed by atoms with E-state index in [1.165, 1.54) is 18.8 Å². The molecule has 2 heterocycles. The minimum atomic E-state index is -0.415. The zero-order chi connectivity index (χ0) is 20.4. The maximum absolute atomic E-state index is 13.2. The summed E-state index contributed by atoms with van der Waals surface area (Å²) in [6, 6.07) is 3.15. The number of benzene rings is 1. The highest BCUT2D eigenvalue weighted by Crippen LogP contribution is 2.45. The summed E-state index contributed by atoms with van der Waals surface area (Å²) >= 11 is 12.9. The second-order valence-corrected chi connectivity index (χ2v) is 6.50. The normalized spacial score (nSPS) is 10.9. The molecule has 0 unspecified atom stereocenters. The van der Waals surface area contributed by atoms with Crippen molar-refractivity contribution >= 4 is 40.2 Å². The van der Waals surface area contributed by atoms with Gasteiger partial charge in [-0.3, -0.25) is 9.36 Å². The summed E-state index contributed by atoms with van der Waals surface area (Å²) in [7, 11) is 4.58. The Morgan fingerprint density at radius 1 is 1.18 bits per heavy atom. The lowest BCUT2D eigenvalue weighted by Gasteiger charge is -2.16. The van der Waals surface area contributed by atoms with Gasteiger partial charge in [-0.2, -0.15) is 4.98 Å². The van der Waals surface area contributed by atoms with Crippen molar-refractivity contribution in [1.29, 1.82) is 0 Å². The Hall–Kier alpha value is -2.55. The quantitative estimate of drug-likeness (QED) is 0.627. The van der Waals surface area contributed by atoms with Gasteiger partial charge in [-0.25, -0.2) is 4.98 Å². The average Bonchev–Trinajstić information content (AvgIpc) is 2.70. The number of hydrogen-bond donors (Lipinski definition) is 2. The Labute approximate surface area is 170 Å². The molecule has 10 heteroatoms. The summed E-state index contributed by atoms with van der Waals surface area (Å²) in [5.74, 6) is 0.978. The van der Waals surface area contributed by atoms with Crippen LogP contribution in [0.25, 0.3) is 22.2 Å². The van der Waals surface area contributed by atoms with Crippen LogP contribution in [0.2, 0.25) is 10.0 Å². The van der Waals surface area contributed by atoms with Crippen molar-refractivity contribution < 1.29 is 14.6 Å². The van der Waals surface area contributed by atoms with E-state index in [2.05, 4.69) is 15.3 Å². The Balaban J connectivity index is 2.42. The fraction of sp³-hybridized carbons (Fsp3) is 0.278. The summed E-state index contributed by atoms with van der Waals surface area (Å²) in [6.45, 7) is -0.208. The maximum Gasteiger partial charge on any atom is 0.260 e. The zero-order valence-corrected chi connectivity index (χ0v) is 16.9. The molecular formula is C18H18Cl2N4O4. The van der Waals surface area contributed by atoms with Crippen LogP contribution in [-0.4, -0.2) is 47.5 Å². The first-order valence-corrected chi connectivity index (χ1v) is 9.01. The minimum Gasteiger partial charge on any atom is -0.495 e. The molecular weight excluding hydrogens is 407 g/mol. The molecule has 0 aliphatic heterocycles. The highest BCUT2D eigenvalue weighted by molar-refractivity contribution is 6.41. The molecule has 28 heavy (non-hydrogen) atoms. The smallest absolute Gasteiger partial charge is 0.260 e. The third-order valence-corrected chi connectivity index (χ3v) is 4.97. The molecule has 2 aromatic heterocycles. The first-order chi connectivity index (χ1) is 13.5. The van der Waals surface area contributed by atoms with E-state index < -0.39 is 5.56 Å². The molecule has 0 spiro atoms. The fourth-order valence-electron chi connectivity index (χ4n) is 2.89. The number of nitrogens with zero attached hydrogens (tertiary/aromatic N) is 3. The van der Waals surface area contributed by atoms with Gasteiger partial charge in [0.05, 0.1) is 43.0 Å². The lowest BCUT2D eigenvalue weighted by molar-refractivity contribution is 0.276. The number of aromatic nitrogens is 3. The predicted octanol–water partition coefficient (Wildman–Crippen LogP) is 2.82. The molecule has 1 aromatic carbocycles. The molecule has 0 amide bonds. The molecule has 0 aliphatic rings. The van der Waals surface area contributed by atoms with Gasteiger partial charge in [-0.15, -0.1) is 0 Å². The number of ether oxygens (including phenoxy) is 2. The van der Waals surface area contributed by atoms with Crippen LogP contribution < -0.4 is 20.3 Å². The second kappa shape index (κ2) is 8.22. The van der Waals surface area contributed by atoms with E-state index in [0.717, 1.165) is 0 Å². The molecule has 3 aromatic rings. The van der Waals surface area contributed by atoms with Gasteiger partial charge in [0, 0.05) is 30.3 Å². The molecule has 0 aliphatic carbocycles. The number of aliphatic hydroxyl groups excluding tert-OH is 1. The molecule has 8 nitrogen and oxygen atoms in total. The van der Waals surface area contributed by atoms with Crippen molar-refractivity contribution in [3.05, 3.63) is 38.7 Å². The Morgan fingerprint density at radius 3 is 2.36 bits per heavy atom. The van der Waals surface area contributed by atoms with E-state index >= 15 is 0 Å². The highest BCUT2D eigenvalue weighted by Gasteiger charge is 2.23. The summed E-state index contributed by atoms with van der Waals surface area (Å²) in [5.41, 5.74) is 0.454. The number of nitrogens with one attached hydrogen (secondary N) is 1. The zero-order valence-electron chi connectivity index (χ0n) is 15.4. The second-order valence-electron chi connectivity index (χ2n) is 5.75. The van der Waals surface area contributed by atoms with Crippen LogP contribution in [0, 0.1) is 0 Å². The third-order valence-electron chi connectivity index (χ3n) is 4.22. The van der Waals surface area contributed by atoms with Gasteiger partial charge in [-0.1, -0.05) is 23.2 Å². The molecule has 0 bridgehead atoms. The number of methoxy groups -OCH3 is 2. The first-order valence-electron chi connectivity index (χ1n) is 8.26. The minimum absolute atomic E-state index is 0.0414. The van der Waals surface area contributed by atoms with E-state index in [1.54, 1.807) is 25.4 Å². The molecule has 0 fully saturated rings. The summed E-state index contributed by atoms with van der Waals surface area (Å²) in [5, 5.41) is 13.2. The molecule has 0 saturated carbocycles. The SMILES string of the molecule is CNc1ncc2cc(-c3c(Cl)c(OC)cc(OC)c3Cl)c(=O)n(CCO)c2n1. The fourth-order valence-corrected chi connectivity index (χ4v) is 3.59.